The molecular weight excluding hydrogens is 1010 g/mol. The van der Waals surface area contributed by atoms with E-state index >= 15 is 0 Å². The zero-order chi connectivity index (χ0) is 39.8. The topological polar surface area (TPSA) is 0 Å². The average molecular weight is 1070 g/mol. The molecule has 6 heterocycles. The zero-order valence-electron chi connectivity index (χ0n) is 35.4. The molecule has 0 N–H and O–H groups in total. The maximum atomic E-state index is 2.67. The van der Waals surface area contributed by atoms with Gasteiger partial charge in [-0.1, -0.05) is 79.1 Å². The van der Waals surface area contributed by atoms with Crippen molar-refractivity contribution in [2.45, 2.75) is 122 Å². The number of rotatable bonds is 18. The molecule has 0 fully saturated rings. The van der Waals surface area contributed by atoms with Crippen LogP contribution in [0, 0.1) is 11.8 Å². The van der Waals surface area contributed by atoms with Crippen molar-refractivity contribution in [3.8, 4) is 40.4 Å². The number of fused-ring (bicyclic) bond motifs is 2. The van der Waals surface area contributed by atoms with E-state index in [4.69, 9.17) is 0 Å². The van der Waals surface area contributed by atoms with Gasteiger partial charge in [0.25, 0.3) is 0 Å². The fraction of sp³-hybridized carbons (Fsp3) is 0.458. The van der Waals surface area contributed by atoms with Gasteiger partial charge >= 0.3 is 296 Å². The summed E-state index contributed by atoms with van der Waals surface area (Å²) >= 11 is 7.62. The first-order valence-electron chi connectivity index (χ1n) is 21.2. The van der Waals surface area contributed by atoms with Gasteiger partial charge in [0.15, 0.2) is 0 Å². The molecule has 0 saturated carbocycles. The van der Waals surface area contributed by atoms with Gasteiger partial charge in [-0.05, 0) is 0 Å². The predicted octanol–water partition coefficient (Wildman–Crippen LogP) is 17.6. The Balaban J connectivity index is 1.33. The van der Waals surface area contributed by atoms with Crippen LogP contribution in [0.1, 0.15) is 88.8 Å². The first kappa shape index (κ1) is 43.6. The van der Waals surface area contributed by atoms with Gasteiger partial charge in [0.2, 0.25) is 0 Å². The molecule has 0 radical (unpaired) electrons. The summed E-state index contributed by atoms with van der Waals surface area (Å²) in [6, 6.07) is 24.8. The molecule has 0 aliphatic rings. The Hall–Kier alpha value is -0.463. The van der Waals surface area contributed by atoms with Gasteiger partial charge in [0.1, 0.15) is 0 Å². The summed E-state index contributed by atoms with van der Waals surface area (Å²) in [6.07, 6.45) is 13.0. The van der Waals surface area contributed by atoms with Crippen LogP contribution in [0.25, 0.3) is 60.6 Å². The van der Waals surface area contributed by atoms with Gasteiger partial charge in [0.05, 0.1) is 0 Å². The fourth-order valence-electron chi connectivity index (χ4n) is 7.90. The number of hydrogen-bond donors (Lipinski definition) is 0. The summed E-state index contributed by atoms with van der Waals surface area (Å²) in [5.74, 6) is 1.61. The standard InChI is InChI=1S/C42H44S6.6CH3.2Sn/c1-5-9-11-27(7-3)25-29-13-15-33(45-29)35-17-19-37(47-35)39-31-21-23-44-42(31)40(32-22-24-43-41(32)39)38-20-18-36(48-38)34-16-14-30(46-34)26-28(8-4)12-10-6-2;;;;;;;;/h13-22,27-28H,5-12,25-26H2,1-4H3;6*1H3;;. The van der Waals surface area contributed by atoms with Gasteiger partial charge < -0.3 is 0 Å². The Kier molecular flexibility index (Phi) is 14.5. The van der Waals surface area contributed by atoms with Crippen LogP contribution in [0.3, 0.4) is 0 Å². The molecule has 6 aromatic heterocycles. The monoisotopic (exact) mass is 1070 g/mol. The SMILES string of the molecule is CCCCC(CC)Cc1ccc(-c2ccc(-c3c4c[c]([Sn]([CH3])([CH3])[CH3])sc4c(-c4ccc(-c5ccc(CC(CC)CCCC)s5)s4)c4c[c]([Sn]([CH3])([CH3])[CH3])sc34)s2)s1. The third-order valence-corrected chi connectivity index (χ3v) is 37.5. The molecule has 7 rings (SSSR count). The van der Waals surface area contributed by atoms with E-state index in [0.29, 0.717) is 0 Å². The van der Waals surface area contributed by atoms with Crippen molar-refractivity contribution >= 4 is 131 Å². The Bertz CT molecular complexity index is 2150. The third kappa shape index (κ3) is 9.68. The van der Waals surface area contributed by atoms with E-state index in [1.165, 1.54) is 125 Å². The Morgan fingerprint density at radius 2 is 0.804 bits per heavy atom. The minimum atomic E-state index is -2.40. The average Bonchev–Trinajstić information content (AvgIpc) is 4.00. The van der Waals surface area contributed by atoms with Gasteiger partial charge in [0, 0.05) is 0 Å². The molecule has 0 amide bonds. The van der Waals surface area contributed by atoms with Crippen molar-refractivity contribution in [3.05, 3.63) is 70.4 Å². The summed E-state index contributed by atoms with van der Waals surface area (Å²) in [4.78, 5) is 27.3. The second-order valence-corrected chi connectivity index (χ2v) is 55.5. The molecule has 0 bridgehead atoms. The Morgan fingerprint density at radius 1 is 0.446 bits per heavy atom. The van der Waals surface area contributed by atoms with Crippen molar-refractivity contribution in [2.24, 2.45) is 11.8 Å². The molecule has 1 aromatic carbocycles. The molecule has 56 heavy (non-hydrogen) atoms. The molecule has 298 valence electrons. The van der Waals surface area contributed by atoms with Crippen molar-refractivity contribution in [1.82, 2.24) is 0 Å². The zero-order valence-corrected chi connectivity index (χ0v) is 46.1. The number of benzene rings is 1. The number of hydrogen-bond acceptors (Lipinski definition) is 6. The molecule has 0 aliphatic heterocycles. The van der Waals surface area contributed by atoms with E-state index < -0.39 is 36.8 Å². The van der Waals surface area contributed by atoms with Crippen LogP contribution in [-0.4, -0.2) is 36.8 Å². The van der Waals surface area contributed by atoms with Crippen molar-refractivity contribution in [2.75, 3.05) is 0 Å². The predicted molar refractivity (Wildman–Crippen MR) is 270 cm³/mol. The number of unbranched alkanes of at least 4 members (excludes halogenated alkanes) is 2. The van der Waals surface area contributed by atoms with E-state index in [0.717, 1.165) is 11.8 Å². The fourth-order valence-corrected chi connectivity index (χ4v) is 25.5. The summed E-state index contributed by atoms with van der Waals surface area (Å²) < 4.78 is 6.42. The molecule has 0 spiro atoms. The molecule has 7 aromatic rings. The molecule has 2 unspecified atom stereocenters. The summed E-state index contributed by atoms with van der Waals surface area (Å²) in [7, 11) is 0. The van der Waals surface area contributed by atoms with E-state index in [1.54, 1.807) is 15.5 Å². The third-order valence-electron chi connectivity index (χ3n) is 11.5. The normalized spacial score (nSPS) is 13.8. The first-order chi connectivity index (χ1) is 26.8. The van der Waals surface area contributed by atoms with Crippen LogP contribution in [0.2, 0.25) is 29.6 Å². The van der Waals surface area contributed by atoms with Crippen LogP contribution in [0.5, 0.6) is 0 Å². The van der Waals surface area contributed by atoms with Gasteiger partial charge in [-0.2, -0.15) is 0 Å². The van der Waals surface area contributed by atoms with Crippen LogP contribution >= 0.6 is 68.0 Å². The molecular formula is C48H62S6Sn2. The van der Waals surface area contributed by atoms with Crippen molar-refractivity contribution < 1.29 is 0 Å². The van der Waals surface area contributed by atoms with Crippen LogP contribution in [0.4, 0.5) is 0 Å². The van der Waals surface area contributed by atoms with Crippen molar-refractivity contribution in [3.63, 3.8) is 0 Å². The summed E-state index contributed by atoms with van der Waals surface area (Å²) in [5.41, 5.74) is 3.02. The van der Waals surface area contributed by atoms with Gasteiger partial charge in [-0.15, -0.1) is 0 Å². The molecule has 0 aliphatic carbocycles. The maximum absolute atomic E-state index is 2.67. The van der Waals surface area contributed by atoms with E-state index in [-0.39, 0.29) is 0 Å². The van der Waals surface area contributed by atoms with E-state index in [1.807, 2.05) is 45.3 Å². The van der Waals surface area contributed by atoms with Crippen LogP contribution in [-0.2, 0) is 12.8 Å². The molecule has 0 saturated heterocycles. The minimum absolute atomic E-state index is 0.804. The van der Waals surface area contributed by atoms with Crippen molar-refractivity contribution in [1.29, 1.82) is 0 Å². The van der Waals surface area contributed by atoms with Crippen LogP contribution in [0.15, 0.2) is 60.7 Å². The van der Waals surface area contributed by atoms with Crippen LogP contribution < -0.4 is 5.79 Å². The summed E-state index contributed by atoms with van der Waals surface area (Å²) in [5, 5.41) is 3.01. The van der Waals surface area contributed by atoms with Gasteiger partial charge in [-0.3, -0.25) is 0 Å². The second kappa shape index (κ2) is 18.7. The molecule has 2 atom stereocenters. The summed E-state index contributed by atoms with van der Waals surface area (Å²) in [6.45, 7) is 9.39. The Labute approximate surface area is 370 Å². The van der Waals surface area contributed by atoms with E-state index in [9.17, 15) is 0 Å². The first-order valence-corrected chi connectivity index (χ1v) is 46.1. The second-order valence-electron chi connectivity index (χ2n) is 18.1. The van der Waals surface area contributed by atoms with E-state index in [2.05, 4.69) is 141 Å². The van der Waals surface area contributed by atoms with Gasteiger partial charge in [-0.25, -0.2) is 0 Å². The Morgan fingerprint density at radius 3 is 1.16 bits per heavy atom. The quantitative estimate of drug-likeness (QED) is 0.0752. The molecule has 8 heteroatoms. The molecule has 0 nitrogen and oxygen atoms in total. The number of thiophene rings is 6.